The number of hydrogen-bond donors (Lipinski definition) is 1. The maximum absolute atomic E-state index is 12.1. The summed E-state index contributed by atoms with van der Waals surface area (Å²) >= 11 is 0. The fourth-order valence-corrected chi connectivity index (χ4v) is 4.76. The van der Waals surface area contributed by atoms with Crippen molar-refractivity contribution in [3.05, 3.63) is 71.3 Å². The number of carbonyl (C=O) groups is 1. The van der Waals surface area contributed by atoms with E-state index in [1.807, 2.05) is 18.2 Å². The van der Waals surface area contributed by atoms with E-state index in [0.29, 0.717) is 6.54 Å². The molecular formula is C21H23NO2. The second-order valence-electron chi connectivity index (χ2n) is 7.21. The molecule has 2 aromatic rings. The summed E-state index contributed by atoms with van der Waals surface area (Å²) in [6.07, 6.45) is 3.13. The van der Waals surface area contributed by atoms with E-state index in [9.17, 15) is 9.90 Å². The summed E-state index contributed by atoms with van der Waals surface area (Å²) < 4.78 is 0. The zero-order valence-electron chi connectivity index (χ0n) is 13.8. The number of carboxylic acid groups (broad SMARTS) is 1. The predicted octanol–water partition coefficient (Wildman–Crippen LogP) is 3.48. The van der Waals surface area contributed by atoms with Crippen molar-refractivity contribution in [1.29, 1.82) is 0 Å². The molecule has 1 aliphatic carbocycles. The Balaban J connectivity index is 1.68. The summed E-state index contributed by atoms with van der Waals surface area (Å²) in [4.78, 5) is 14.4. The molecule has 1 aliphatic heterocycles. The zero-order chi connectivity index (χ0) is 16.6. The number of benzene rings is 2. The molecule has 3 nitrogen and oxygen atoms in total. The summed E-state index contributed by atoms with van der Waals surface area (Å²) in [6.45, 7) is 2.31. The highest BCUT2D eigenvalue weighted by molar-refractivity contribution is 5.74. The molecule has 1 fully saturated rings. The summed E-state index contributed by atoms with van der Waals surface area (Å²) in [7, 11) is 0. The Morgan fingerprint density at radius 2 is 1.88 bits per heavy atom. The van der Waals surface area contributed by atoms with Crippen molar-refractivity contribution < 1.29 is 9.90 Å². The van der Waals surface area contributed by atoms with Crippen molar-refractivity contribution in [3.8, 4) is 0 Å². The van der Waals surface area contributed by atoms with Crippen LogP contribution in [0.25, 0.3) is 0 Å². The van der Waals surface area contributed by atoms with Gasteiger partial charge in [0.15, 0.2) is 0 Å². The van der Waals surface area contributed by atoms with Crippen molar-refractivity contribution >= 4 is 5.97 Å². The highest BCUT2D eigenvalue weighted by atomic mass is 16.4. The van der Waals surface area contributed by atoms with Crippen molar-refractivity contribution in [2.24, 2.45) is 5.92 Å². The lowest BCUT2D eigenvalue weighted by atomic mass is 9.64. The largest absolute Gasteiger partial charge is 0.481 e. The van der Waals surface area contributed by atoms with E-state index >= 15 is 0 Å². The molecule has 4 rings (SSSR count). The van der Waals surface area contributed by atoms with Crippen LogP contribution in [0.5, 0.6) is 0 Å². The van der Waals surface area contributed by atoms with E-state index in [0.717, 1.165) is 32.4 Å². The van der Waals surface area contributed by atoms with E-state index in [1.54, 1.807) is 0 Å². The van der Waals surface area contributed by atoms with Crippen molar-refractivity contribution in [3.63, 3.8) is 0 Å². The maximum atomic E-state index is 12.1. The molecule has 2 aliphatic rings. The fraction of sp³-hybridized carbons (Fsp3) is 0.381. The molecule has 124 valence electrons. The van der Waals surface area contributed by atoms with Gasteiger partial charge >= 0.3 is 5.97 Å². The van der Waals surface area contributed by atoms with E-state index < -0.39 is 5.97 Å². The summed E-state index contributed by atoms with van der Waals surface area (Å²) in [5.41, 5.74) is 3.65. The Hall–Kier alpha value is -2.13. The molecule has 1 N–H and O–H groups in total. The Kier molecular flexibility index (Phi) is 3.89. The molecule has 1 spiro atoms. The van der Waals surface area contributed by atoms with Crippen molar-refractivity contribution in [1.82, 2.24) is 4.90 Å². The molecule has 0 unspecified atom stereocenters. The molecule has 2 aromatic carbocycles. The molecule has 0 amide bonds. The van der Waals surface area contributed by atoms with Gasteiger partial charge < -0.3 is 5.11 Å². The minimum Gasteiger partial charge on any atom is -0.481 e. The van der Waals surface area contributed by atoms with Crippen LogP contribution in [-0.2, 0) is 23.2 Å². The van der Waals surface area contributed by atoms with Gasteiger partial charge in [-0.2, -0.15) is 0 Å². The van der Waals surface area contributed by atoms with Gasteiger partial charge in [-0.05, 0) is 36.0 Å². The molecular weight excluding hydrogens is 298 g/mol. The average molecular weight is 321 g/mol. The molecule has 2 atom stereocenters. The minimum atomic E-state index is -0.651. The predicted molar refractivity (Wildman–Crippen MR) is 93.9 cm³/mol. The van der Waals surface area contributed by atoms with Crippen molar-refractivity contribution in [2.75, 3.05) is 13.1 Å². The number of hydrogen-bond acceptors (Lipinski definition) is 2. The number of fused-ring (bicyclic) bond motifs is 2. The molecule has 0 bridgehead atoms. The third kappa shape index (κ3) is 2.53. The summed E-state index contributed by atoms with van der Waals surface area (Å²) in [6, 6.07) is 18.8. The summed E-state index contributed by atoms with van der Waals surface area (Å²) in [5.74, 6) is -0.968. The van der Waals surface area contributed by atoms with Crippen LogP contribution in [0.1, 0.15) is 29.5 Å². The highest BCUT2D eigenvalue weighted by Crippen LogP contribution is 2.47. The van der Waals surface area contributed by atoms with Crippen LogP contribution >= 0.6 is 0 Å². The first kappa shape index (κ1) is 15.4. The third-order valence-corrected chi connectivity index (χ3v) is 5.78. The van der Waals surface area contributed by atoms with Gasteiger partial charge in [0.05, 0.1) is 5.92 Å². The lowest BCUT2D eigenvalue weighted by molar-refractivity contribution is -0.143. The second kappa shape index (κ2) is 6.06. The SMILES string of the molecule is O=C(O)[C@@H]1CN(Cc2ccccc2)C[C@]12CCCc1ccccc12. The van der Waals surface area contributed by atoms with E-state index in [2.05, 4.69) is 41.3 Å². The van der Waals surface area contributed by atoms with Gasteiger partial charge in [0.25, 0.3) is 0 Å². The van der Waals surface area contributed by atoms with Crippen LogP contribution in [0, 0.1) is 5.92 Å². The van der Waals surface area contributed by atoms with Gasteiger partial charge in [-0.1, -0.05) is 54.6 Å². The fourth-order valence-electron chi connectivity index (χ4n) is 4.76. The quantitative estimate of drug-likeness (QED) is 0.941. The smallest absolute Gasteiger partial charge is 0.308 e. The molecule has 24 heavy (non-hydrogen) atoms. The van der Waals surface area contributed by atoms with E-state index in [-0.39, 0.29) is 11.3 Å². The molecule has 3 heteroatoms. The Morgan fingerprint density at radius 3 is 2.67 bits per heavy atom. The van der Waals surface area contributed by atoms with Crippen LogP contribution in [0.2, 0.25) is 0 Å². The number of aliphatic carboxylic acids is 1. The lowest BCUT2D eigenvalue weighted by Crippen LogP contribution is -2.42. The number of aryl methyl sites for hydroxylation is 1. The first-order valence-corrected chi connectivity index (χ1v) is 8.76. The van der Waals surface area contributed by atoms with Crippen LogP contribution in [0.3, 0.4) is 0 Å². The van der Waals surface area contributed by atoms with E-state index in [1.165, 1.54) is 16.7 Å². The van der Waals surface area contributed by atoms with Gasteiger partial charge in [0, 0.05) is 25.0 Å². The molecule has 0 radical (unpaired) electrons. The Bertz CT molecular complexity index is 743. The number of likely N-dealkylation sites (tertiary alicyclic amines) is 1. The monoisotopic (exact) mass is 321 g/mol. The third-order valence-electron chi connectivity index (χ3n) is 5.78. The van der Waals surface area contributed by atoms with Gasteiger partial charge in [0.1, 0.15) is 0 Å². The van der Waals surface area contributed by atoms with Gasteiger partial charge in [-0.25, -0.2) is 0 Å². The van der Waals surface area contributed by atoms with Crippen molar-refractivity contribution in [2.45, 2.75) is 31.2 Å². The van der Waals surface area contributed by atoms with Gasteiger partial charge in [0.2, 0.25) is 0 Å². The van der Waals surface area contributed by atoms with Crippen LogP contribution < -0.4 is 0 Å². The maximum Gasteiger partial charge on any atom is 0.308 e. The standard InChI is InChI=1S/C21H23NO2/c23-20(24)19-14-22(13-16-7-2-1-3-8-16)15-21(19)12-6-10-17-9-4-5-11-18(17)21/h1-5,7-9,11,19H,6,10,12-15H2,(H,23,24)/t19-,21-/m0/s1. The van der Waals surface area contributed by atoms with Gasteiger partial charge in [-0.3, -0.25) is 9.69 Å². The van der Waals surface area contributed by atoms with Crippen LogP contribution in [0.15, 0.2) is 54.6 Å². The lowest BCUT2D eigenvalue weighted by Gasteiger charge is -2.38. The second-order valence-corrected chi connectivity index (χ2v) is 7.21. The first-order chi connectivity index (χ1) is 11.7. The molecule has 0 aromatic heterocycles. The average Bonchev–Trinajstić information content (AvgIpc) is 2.95. The van der Waals surface area contributed by atoms with Crippen LogP contribution in [0.4, 0.5) is 0 Å². The Morgan fingerprint density at radius 1 is 1.12 bits per heavy atom. The number of carboxylic acids is 1. The summed E-state index contributed by atoms with van der Waals surface area (Å²) in [5, 5.41) is 9.91. The Labute approximate surface area is 142 Å². The van der Waals surface area contributed by atoms with Crippen LogP contribution in [-0.4, -0.2) is 29.1 Å². The van der Waals surface area contributed by atoms with E-state index in [4.69, 9.17) is 0 Å². The van der Waals surface area contributed by atoms with Gasteiger partial charge in [-0.15, -0.1) is 0 Å². The highest BCUT2D eigenvalue weighted by Gasteiger charge is 2.52. The first-order valence-electron chi connectivity index (χ1n) is 8.76. The normalized spacial score (nSPS) is 26.4. The number of nitrogens with zero attached hydrogens (tertiary/aromatic N) is 1. The molecule has 1 heterocycles. The topological polar surface area (TPSA) is 40.5 Å². The zero-order valence-corrected chi connectivity index (χ0v) is 13.8. The molecule has 0 saturated carbocycles. The minimum absolute atomic E-state index is 0.227. The molecule has 1 saturated heterocycles. The number of rotatable bonds is 3.